The van der Waals surface area contributed by atoms with Crippen molar-refractivity contribution in [1.82, 2.24) is 5.23 Å². The van der Waals surface area contributed by atoms with Crippen molar-refractivity contribution in [1.29, 1.82) is 0 Å². The fraction of sp³-hybridized carbons (Fsp3) is 0.273. The lowest BCUT2D eigenvalue weighted by Crippen LogP contribution is -2.40. The van der Waals surface area contributed by atoms with Gasteiger partial charge in [-0.15, -0.1) is 0 Å². The molecule has 0 saturated carbocycles. The number of carbonyl (C=O) groups is 2. The van der Waals surface area contributed by atoms with E-state index >= 15 is 0 Å². The molecule has 0 saturated heterocycles. The van der Waals surface area contributed by atoms with E-state index in [2.05, 4.69) is 5.23 Å². The summed E-state index contributed by atoms with van der Waals surface area (Å²) in [5.74, 6) is 0.193. The average molecular weight is 219 g/mol. The van der Waals surface area contributed by atoms with Crippen LogP contribution in [0.4, 0.5) is 0 Å². The predicted molar refractivity (Wildman–Crippen MR) is 63.3 cm³/mol. The van der Waals surface area contributed by atoms with Gasteiger partial charge in [0.15, 0.2) is 0 Å². The molecule has 0 spiro atoms. The molecule has 1 aromatic carbocycles. The van der Waals surface area contributed by atoms with E-state index in [0.717, 1.165) is 11.7 Å². The van der Waals surface area contributed by atoms with Crippen LogP contribution >= 0.6 is 0 Å². The van der Waals surface area contributed by atoms with Gasteiger partial charge in [0.2, 0.25) is 0 Å². The first-order chi connectivity index (χ1) is 7.63. The van der Waals surface area contributed by atoms with Gasteiger partial charge in [-0.25, -0.2) is 0 Å². The summed E-state index contributed by atoms with van der Waals surface area (Å²) in [5.41, 5.74) is 0.941. The lowest BCUT2D eigenvalue weighted by atomic mass is 9.92. The Kier molecular flexibility index (Phi) is 4.73. The van der Waals surface area contributed by atoms with Gasteiger partial charge in [-0.1, -0.05) is 12.1 Å². The largest absolute Gasteiger partial charge is 0.508 e. The minimum Gasteiger partial charge on any atom is -0.508 e. The minimum absolute atomic E-state index is 0.00470. The summed E-state index contributed by atoms with van der Waals surface area (Å²) in [6, 6.07) is 6.31. The lowest BCUT2D eigenvalue weighted by Gasteiger charge is -2.13. The second-order valence-corrected chi connectivity index (χ2v) is 3.61. The minimum atomic E-state index is -0.352. The van der Waals surface area contributed by atoms with Crippen LogP contribution in [0.5, 0.6) is 5.75 Å². The Labute approximate surface area is 94.9 Å². The molecule has 0 fully saturated rings. The summed E-state index contributed by atoms with van der Waals surface area (Å²) < 4.78 is 0. The fourth-order valence-electron chi connectivity index (χ4n) is 1.42. The highest BCUT2D eigenvalue weighted by Gasteiger charge is 2.13. The van der Waals surface area contributed by atoms with E-state index in [4.69, 9.17) is 5.11 Å². The Balaban J connectivity index is 2.63. The number of nitrogens with one attached hydrogen (secondary N) is 1. The molecule has 0 amide bonds. The zero-order valence-corrected chi connectivity index (χ0v) is 9.14. The van der Waals surface area contributed by atoms with Crippen molar-refractivity contribution >= 4 is 19.4 Å². The third-order valence-corrected chi connectivity index (χ3v) is 2.31. The average Bonchev–Trinajstić information content (AvgIpc) is 2.26. The van der Waals surface area contributed by atoms with Gasteiger partial charge in [0.25, 0.3) is 7.41 Å². The van der Waals surface area contributed by atoms with E-state index < -0.39 is 0 Å². The van der Waals surface area contributed by atoms with E-state index in [-0.39, 0.29) is 25.0 Å². The number of phenols is 1. The van der Waals surface area contributed by atoms with E-state index in [1.807, 2.05) is 0 Å². The van der Waals surface area contributed by atoms with Crippen LogP contribution in [0, 0.1) is 0 Å². The molecule has 0 aliphatic carbocycles. The van der Waals surface area contributed by atoms with Gasteiger partial charge < -0.3 is 15.1 Å². The van der Waals surface area contributed by atoms with Crippen LogP contribution in [0.15, 0.2) is 24.3 Å². The summed E-state index contributed by atoms with van der Waals surface area (Å²) in [6.07, 6.45) is 1.25. The molecule has 0 aromatic heterocycles. The van der Waals surface area contributed by atoms with Crippen LogP contribution in [0.1, 0.15) is 12.5 Å². The van der Waals surface area contributed by atoms with Gasteiger partial charge >= 0.3 is 0 Å². The molecule has 1 atom stereocenters. The molecular weight excluding hydrogens is 205 g/mol. The molecule has 84 valence electrons. The summed E-state index contributed by atoms with van der Waals surface area (Å²) in [7, 11) is 0.169. The summed E-state index contributed by atoms with van der Waals surface area (Å²) in [6.45, 7) is 1.49. The van der Waals surface area contributed by atoms with Crippen LogP contribution in [0.3, 0.4) is 0 Å². The SMILES string of the molecule is CC(=O)[C@H](Cc1ccc(O)cc1)NBC=O. The first-order valence-corrected chi connectivity index (χ1v) is 5.09. The third kappa shape index (κ3) is 3.86. The standard InChI is InChI=1S/C11H14BNO3/c1-8(15)11(13-12-7-14)6-9-2-4-10(16)5-3-9/h2-5,7,11-13,16H,6H2,1H3/t11-/m0/s1. The van der Waals surface area contributed by atoms with E-state index in [1.54, 1.807) is 24.3 Å². The molecule has 16 heavy (non-hydrogen) atoms. The maximum atomic E-state index is 11.3. The topological polar surface area (TPSA) is 66.4 Å². The molecule has 0 heterocycles. The molecule has 5 heteroatoms. The molecule has 1 rings (SSSR count). The summed E-state index contributed by atoms with van der Waals surface area (Å²) in [5, 5.41) is 12.0. The number of benzene rings is 1. The van der Waals surface area contributed by atoms with Crippen LogP contribution in [-0.2, 0) is 16.0 Å². The van der Waals surface area contributed by atoms with Gasteiger partial charge in [-0.2, -0.15) is 0 Å². The lowest BCUT2D eigenvalue weighted by molar-refractivity contribution is -0.118. The van der Waals surface area contributed by atoms with E-state index in [0.29, 0.717) is 6.42 Å². The van der Waals surface area contributed by atoms with Crippen molar-refractivity contribution in [3.63, 3.8) is 0 Å². The normalized spacial score (nSPS) is 11.8. The fourth-order valence-corrected chi connectivity index (χ4v) is 1.42. The second kappa shape index (κ2) is 6.07. The molecule has 0 radical (unpaired) electrons. The maximum absolute atomic E-state index is 11.3. The van der Waals surface area contributed by atoms with Crippen LogP contribution in [-0.4, -0.2) is 30.5 Å². The number of carbonyl (C=O) groups excluding carboxylic acids is 2. The molecule has 0 aliphatic heterocycles. The Morgan fingerprint density at radius 3 is 2.62 bits per heavy atom. The zero-order valence-electron chi connectivity index (χ0n) is 9.14. The van der Waals surface area contributed by atoms with Crippen LogP contribution in [0.25, 0.3) is 0 Å². The van der Waals surface area contributed by atoms with Crippen molar-refractivity contribution in [3.8, 4) is 5.75 Å². The summed E-state index contributed by atoms with van der Waals surface area (Å²) in [4.78, 5) is 21.5. The Morgan fingerprint density at radius 1 is 1.50 bits per heavy atom. The second-order valence-electron chi connectivity index (χ2n) is 3.61. The number of ketones is 1. The first-order valence-electron chi connectivity index (χ1n) is 5.09. The number of phenolic OH excluding ortho intramolecular Hbond substituents is 1. The third-order valence-electron chi connectivity index (χ3n) is 2.31. The molecule has 0 aliphatic rings. The monoisotopic (exact) mass is 219 g/mol. The Bertz CT molecular complexity index is 364. The van der Waals surface area contributed by atoms with Gasteiger partial charge in [0, 0.05) is 0 Å². The highest BCUT2D eigenvalue weighted by Crippen LogP contribution is 2.11. The number of rotatable bonds is 6. The highest BCUT2D eigenvalue weighted by molar-refractivity contribution is 6.64. The molecule has 4 nitrogen and oxygen atoms in total. The van der Waals surface area contributed by atoms with Crippen molar-refractivity contribution in [3.05, 3.63) is 29.8 Å². The van der Waals surface area contributed by atoms with Gasteiger partial charge in [-0.3, -0.25) is 4.79 Å². The first kappa shape index (κ1) is 12.5. The predicted octanol–water partition coefficient (Wildman–Crippen LogP) is 0.0236. The van der Waals surface area contributed by atoms with Gasteiger partial charge in [0.1, 0.15) is 11.5 Å². The van der Waals surface area contributed by atoms with Crippen molar-refractivity contribution in [2.45, 2.75) is 19.4 Å². The van der Waals surface area contributed by atoms with Gasteiger partial charge in [0.05, 0.1) is 12.2 Å². The van der Waals surface area contributed by atoms with Gasteiger partial charge in [-0.05, 0) is 31.0 Å². The number of aromatic hydroxyl groups is 1. The maximum Gasteiger partial charge on any atom is 0.278 e. The highest BCUT2D eigenvalue weighted by atomic mass is 16.3. The van der Waals surface area contributed by atoms with E-state index in [1.165, 1.54) is 6.92 Å². The molecule has 1 aromatic rings. The van der Waals surface area contributed by atoms with Crippen molar-refractivity contribution in [2.75, 3.05) is 0 Å². The molecule has 0 bridgehead atoms. The van der Waals surface area contributed by atoms with Crippen molar-refractivity contribution in [2.24, 2.45) is 0 Å². The number of hydrogen-bond acceptors (Lipinski definition) is 4. The molecule has 2 N–H and O–H groups in total. The van der Waals surface area contributed by atoms with Crippen LogP contribution in [0.2, 0.25) is 0 Å². The van der Waals surface area contributed by atoms with Crippen molar-refractivity contribution < 1.29 is 14.7 Å². The quantitative estimate of drug-likeness (QED) is 0.523. The number of hydrogen-bond donors (Lipinski definition) is 2. The molecule has 0 unspecified atom stereocenters. The smallest absolute Gasteiger partial charge is 0.278 e. The van der Waals surface area contributed by atoms with E-state index in [9.17, 15) is 9.59 Å². The molecular formula is C11H14BNO3. The Hall–Kier alpha value is -1.62. The van der Waals surface area contributed by atoms with Crippen LogP contribution < -0.4 is 5.23 Å². The zero-order chi connectivity index (χ0) is 12.0. The number of Topliss-reactive ketones (excluding diaryl/α,β-unsaturated/α-hetero) is 1. The summed E-state index contributed by atoms with van der Waals surface area (Å²) >= 11 is 0. The Morgan fingerprint density at radius 2 is 2.12 bits per heavy atom.